The fourth-order valence-corrected chi connectivity index (χ4v) is 3.00. The summed E-state index contributed by atoms with van der Waals surface area (Å²) in [7, 11) is 0. The van der Waals surface area contributed by atoms with Crippen molar-refractivity contribution in [2.45, 2.75) is 26.2 Å². The van der Waals surface area contributed by atoms with Gasteiger partial charge in [0.1, 0.15) is 18.1 Å². The van der Waals surface area contributed by atoms with Crippen molar-refractivity contribution in [2.24, 2.45) is 0 Å². The number of anilines is 2. The molecule has 2 aromatic rings. The van der Waals surface area contributed by atoms with E-state index in [-0.39, 0.29) is 18.4 Å². The lowest BCUT2D eigenvalue weighted by Gasteiger charge is -2.29. The second-order valence-corrected chi connectivity index (χ2v) is 6.91. The molecule has 6 nitrogen and oxygen atoms in total. The van der Waals surface area contributed by atoms with E-state index in [0.29, 0.717) is 47.5 Å². The van der Waals surface area contributed by atoms with Crippen LogP contribution in [0.2, 0.25) is 5.02 Å². The third-order valence-corrected chi connectivity index (χ3v) is 4.59. The van der Waals surface area contributed by atoms with Crippen LogP contribution in [0.4, 0.5) is 11.4 Å². The standard InChI is InChI=1S/C21H23ClN2O4/c1-2-3-4-20(25)23-16-7-10-19-18(13-16)24(21(26)14-28-19)11-12-27-17-8-5-15(22)6-9-17/h5-10,13H,2-4,11-12,14H2,1H3,(H,23,25). The first-order valence-corrected chi connectivity index (χ1v) is 9.70. The molecule has 0 spiro atoms. The number of fused-ring (bicyclic) bond motifs is 1. The van der Waals surface area contributed by atoms with Crippen LogP contribution in [0.5, 0.6) is 11.5 Å². The number of carbonyl (C=O) groups excluding carboxylic acids is 2. The van der Waals surface area contributed by atoms with E-state index in [9.17, 15) is 9.59 Å². The van der Waals surface area contributed by atoms with Crippen molar-refractivity contribution in [1.82, 2.24) is 0 Å². The first kappa shape index (κ1) is 20.0. The first-order chi connectivity index (χ1) is 13.6. The molecule has 0 radical (unpaired) electrons. The Hall–Kier alpha value is -2.73. The van der Waals surface area contributed by atoms with Crippen LogP contribution in [0, 0.1) is 0 Å². The minimum Gasteiger partial charge on any atom is -0.492 e. The second kappa shape index (κ2) is 9.46. The Morgan fingerprint density at radius 1 is 1.25 bits per heavy atom. The molecule has 0 saturated carbocycles. The number of nitrogens with zero attached hydrogens (tertiary/aromatic N) is 1. The highest BCUT2D eigenvalue weighted by atomic mass is 35.5. The Balaban J connectivity index is 1.67. The number of benzene rings is 2. The van der Waals surface area contributed by atoms with Gasteiger partial charge in [-0.1, -0.05) is 24.9 Å². The molecule has 1 heterocycles. The number of amides is 2. The summed E-state index contributed by atoms with van der Waals surface area (Å²) in [6.07, 6.45) is 2.27. The Morgan fingerprint density at radius 3 is 2.79 bits per heavy atom. The Morgan fingerprint density at radius 2 is 2.04 bits per heavy atom. The van der Waals surface area contributed by atoms with Crippen molar-refractivity contribution < 1.29 is 19.1 Å². The number of halogens is 1. The van der Waals surface area contributed by atoms with Crippen molar-refractivity contribution in [1.29, 1.82) is 0 Å². The third kappa shape index (κ3) is 5.16. The molecule has 2 amide bonds. The molecule has 0 unspecified atom stereocenters. The topological polar surface area (TPSA) is 67.9 Å². The van der Waals surface area contributed by atoms with Crippen LogP contribution in [-0.4, -0.2) is 31.6 Å². The summed E-state index contributed by atoms with van der Waals surface area (Å²) < 4.78 is 11.2. The predicted molar refractivity (Wildman–Crippen MR) is 109 cm³/mol. The molecule has 1 aliphatic heterocycles. The summed E-state index contributed by atoms with van der Waals surface area (Å²) in [5.74, 6) is 1.10. The second-order valence-electron chi connectivity index (χ2n) is 6.47. The maximum atomic E-state index is 12.4. The van der Waals surface area contributed by atoms with Crippen LogP contribution in [0.3, 0.4) is 0 Å². The largest absolute Gasteiger partial charge is 0.492 e. The number of hydrogen-bond acceptors (Lipinski definition) is 4. The molecular formula is C21H23ClN2O4. The normalized spacial score (nSPS) is 12.9. The van der Waals surface area contributed by atoms with Gasteiger partial charge in [0.2, 0.25) is 5.91 Å². The molecule has 7 heteroatoms. The van der Waals surface area contributed by atoms with Gasteiger partial charge in [-0.05, 0) is 48.9 Å². The lowest BCUT2D eigenvalue weighted by molar-refractivity contribution is -0.121. The van der Waals surface area contributed by atoms with Gasteiger partial charge in [0.25, 0.3) is 5.91 Å². The highest BCUT2D eigenvalue weighted by Gasteiger charge is 2.26. The molecule has 0 bridgehead atoms. The fourth-order valence-electron chi connectivity index (χ4n) is 2.87. The zero-order chi connectivity index (χ0) is 19.9. The van der Waals surface area contributed by atoms with Crippen LogP contribution >= 0.6 is 11.6 Å². The van der Waals surface area contributed by atoms with Crippen molar-refractivity contribution in [3.8, 4) is 11.5 Å². The fraction of sp³-hybridized carbons (Fsp3) is 0.333. The molecule has 0 fully saturated rings. The number of nitrogens with one attached hydrogen (secondary N) is 1. The average molecular weight is 403 g/mol. The number of unbranched alkanes of at least 4 members (excludes halogenated alkanes) is 1. The van der Waals surface area contributed by atoms with E-state index in [2.05, 4.69) is 5.32 Å². The summed E-state index contributed by atoms with van der Waals surface area (Å²) >= 11 is 5.87. The van der Waals surface area contributed by atoms with E-state index in [1.807, 2.05) is 6.92 Å². The Bertz CT molecular complexity index is 839. The summed E-state index contributed by atoms with van der Waals surface area (Å²) in [6.45, 7) is 2.71. The molecule has 1 aliphatic rings. The molecule has 1 N–H and O–H groups in total. The monoisotopic (exact) mass is 402 g/mol. The summed E-state index contributed by atoms with van der Waals surface area (Å²) in [5.41, 5.74) is 1.27. The average Bonchev–Trinajstić information content (AvgIpc) is 2.69. The van der Waals surface area contributed by atoms with Gasteiger partial charge < -0.3 is 19.7 Å². The lowest BCUT2D eigenvalue weighted by atomic mass is 10.2. The van der Waals surface area contributed by atoms with Crippen LogP contribution in [-0.2, 0) is 9.59 Å². The molecule has 0 atom stereocenters. The molecule has 0 aromatic heterocycles. The zero-order valence-electron chi connectivity index (χ0n) is 15.7. The van der Waals surface area contributed by atoms with E-state index >= 15 is 0 Å². The molecular weight excluding hydrogens is 380 g/mol. The third-order valence-electron chi connectivity index (χ3n) is 4.34. The zero-order valence-corrected chi connectivity index (χ0v) is 16.5. The van der Waals surface area contributed by atoms with Crippen LogP contribution in [0.25, 0.3) is 0 Å². The van der Waals surface area contributed by atoms with Crippen molar-refractivity contribution in [3.05, 3.63) is 47.5 Å². The van der Waals surface area contributed by atoms with E-state index in [1.165, 1.54) is 0 Å². The van der Waals surface area contributed by atoms with Crippen molar-refractivity contribution >= 4 is 34.8 Å². The van der Waals surface area contributed by atoms with E-state index in [4.69, 9.17) is 21.1 Å². The maximum absolute atomic E-state index is 12.4. The molecule has 0 aliphatic carbocycles. The van der Waals surface area contributed by atoms with E-state index in [0.717, 1.165) is 12.8 Å². The van der Waals surface area contributed by atoms with Gasteiger partial charge in [-0.15, -0.1) is 0 Å². The van der Waals surface area contributed by atoms with Gasteiger partial charge in [-0.2, -0.15) is 0 Å². The van der Waals surface area contributed by atoms with Gasteiger partial charge >= 0.3 is 0 Å². The molecule has 28 heavy (non-hydrogen) atoms. The van der Waals surface area contributed by atoms with Crippen molar-refractivity contribution in [3.63, 3.8) is 0 Å². The van der Waals surface area contributed by atoms with E-state index < -0.39 is 0 Å². The van der Waals surface area contributed by atoms with Gasteiger partial charge in [0.05, 0.1) is 12.2 Å². The van der Waals surface area contributed by atoms with E-state index in [1.54, 1.807) is 47.4 Å². The van der Waals surface area contributed by atoms with Crippen molar-refractivity contribution in [2.75, 3.05) is 30.0 Å². The quantitative estimate of drug-likeness (QED) is 0.715. The van der Waals surface area contributed by atoms with Crippen LogP contribution < -0.4 is 19.7 Å². The Labute approximate surface area is 169 Å². The SMILES string of the molecule is CCCCC(=O)Nc1ccc2c(c1)N(CCOc1ccc(Cl)cc1)C(=O)CO2. The van der Waals surface area contributed by atoms with Crippen LogP contribution in [0.1, 0.15) is 26.2 Å². The highest BCUT2D eigenvalue weighted by molar-refractivity contribution is 6.30. The van der Waals surface area contributed by atoms with Gasteiger partial charge in [-0.25, -0.2) is 0 Å². The number of hydrogen-bond donors (Lipinski definition) is 1. The summed E-state index contributed by atoms with van der Waals surface area (Å²) in [5, 5.41) is 3.51. The molecule has 148 valence electrons. The lowest BCUT2D eigenvalue weighted by Crippen LogP contribution is -2.41. The van der Waals surface area contributed by atoms with Gasteiger partial charge in [0.15, 0.2) is 6.61 Å². The number of carbonyl (C=O) groups is 2. The number of rotatable bonds is 8. The number of ether oxygens (including phenoxy) is 2. The first-order valence-electron chi connectivity index (χ1n) is 9.32. The maximum Gasteiger partial charge on any atom is 0.265 e. The summed E-state index contributed by atoms with van der Waals surface area (Å²) in [4.78, 5) is 26.0. The molecule has 3 rings (SSSR count). The molecule has 2 aromatic carbocycles. The molecule has 0 saturated heterocycles. The van der Waals surface area contributed by atoms with Gasteiger partial charge in [0, 0.05) is 17.1 Å². The Kier molecular flexibility index (Phi) is 6.76. The minimum atomic E-state index is -0.151. The van der Waals surface area contributed by atoms with Crippen LogP contribution in [0.15, 0.2) is 42.5 Å². The van der Waals surface area contributed by atoms with Gasteiger partial charge in [-0.3, -0.25) is 9.59 Å². The summed E-state index contributed by atoms with van der Waals surface area (Å²) in [6, 6.07) is 12.4. The highest BCUT2D eigenvalue weighted by Crippen LogP contribution is 2.34. The smallest absolute Gasteiger partial charge is 0.265 e. The minimum absolute atomic E-state index is 0.0177. The predicted octanol–water partition coefficient (Wildman–Crippen LogP) is 4.27.